The van der Waals surface area contributed by atoms with Crippen LogP contribution >= 0.6 is 0 Å². The summed E-state index contributed by atoms with van der Waals surface area (Å²) in [7, 11) is -2.34. The molecule has 4 rings (SSSR count). The van der Waals surface area contributed by atoms with Crippen molar-refractivity contribution in [3.63, 3.8) is 0 Å². The Morgan fingerprint density at radius 3 is 2.68 bits per heavy atom. The second-order valence-corrected chi connectivity index (χ2v) is 10.4. The number of benzene rings is 2. The molecule has 1 saturated carbocycles. The summed E-state index contributed by atoms with van der Waals surface area (Å²) in [4.78, 5) is 8.56. The molecule has 3 aromatic rings. The normalized spacial score (nSPS) is 17.4. The van der Waals surface area contributed by atoms with E-state index in [-0.39, 0.29) is 18.8 Å². The van der Waals surface area contributed by atoms with E-state index in [1.165, 1.54) is 18.5 Å². The van der Waals surface area contributed by atoms with E-state index < -0.39 is 27.4 Å². The largest absolute Gasteiger partial charge is 0.491 e. The van der Waals surface area contributed by atoms with Crippen molar-refractivity contribution in [1.82, 2.24) is 9.97 Å². The van der Waals surface area contributed by atoms with Gasteiger partial charge >= 0.3 is 0 Å². The van der Waals surface area contributed by atoms with E-state index in [2.05, 4.69) is 19.6 Å². The van der Waals surface area contributed by atoms with Gasteiger partial charge in [0.1, 0.15) is 23.7 Å². The lowest BCUT2D eigenvalue weighted by atomic mass is 10.1. The van der Waals surface area contributed by atoms with Crippen molar-refractivity contribution >= 4 is 37.8 Å². The highest BCUT2D eigenvalue weighted by molar-refractivity contribution is 7.92. The lowest BCUT2D eigenvalue weighted by Crippen LogP contribution is -2.07. The number of halogens is 3. The number of anilines is 2. The molecule has 2 aromatic carbocycles. The van der Waals surface area contributed by atoms with E-state index in [1.54, 1.807) is 24.6 Å². The van der Waals surface area contributed by atoms with Crippen molar-refractivity contribution in [3.8, 4) is 5.75 Å². The standard InChI is InChI=1S/C21H21F3N4O2S/c1-12-6-15(28-31(2,3)29)8-17-19(12)20(26-11-25-17)27-16-5-4-14(22)7-18(16)30-10-13-9-21(13,23)24/h4-8,11,13H,9-10H2,1-3H3,(H,25,26,27). The number of hydrogen-bond donors (Lipinski definition) is 1. The Balaban J connectivity index is 1.68. The lowest BCUT2D eigenvalue weighted by Gasteiger charge is -2.15. The highest BCUT2D eigenvalue weighted by Crippen LogP contribution is 2.49. The Labute approximate surface area is 178 Å². The van der Waals surface area contributed by atoms with Crippen molar-refractivity contribution in [3.05, 3.63) is 48.0 Å². The molecule has 1 aromatic heterocycles. The molecular formula is C21H21F3N4O2S. The van der Waals surface area contributed by atoms with Gasteiger partial charge in [-0.25, -0.2) is 27.3 Å². The summed E-state index contributed by atoms with van der Waals surface area (Å²) in [6, 6.07) is 7.34. The van der Waals surface area contributed by atoms with E-state index in [0.29, 0.717) is 28.1 Å². The molecule has 0 spiro atoms. The highest BCUT2D eigenvalue weighted by atomic mass is 32.2. The molecule has 6 nitrogen and oxygen atoms in total. The van der Waals surface area contributed by atoms with Crippen molar-refractivity contribution in [2.24, 2.45) is 10.3 Å². The topological polar surface area (TPSA) is 76.5 Å². The quantitative estimate of drug-likeness (QED) is 0.558. The number of nitrogens with zero attached hydrogens (tertiary/aromatic N) is 3. The third-order valence-corrected chi connectivity index (χ3v) is 5.49. The van der Waals surface area contributed by atoms with Crippen LogP contribution in [-0.2, 0) is 9.73 Å². The number of aryl methyl sites for hydroxylation is 1. The molecule has 1 aliphatic rings. The molecule has 0 radical (unpaired) electrons. The first-order chi connectivity index (χ1) is 14.5. The van der Waals surface area contributed by atoms with Crippen molar-refractivity contribution < 1.29 is 22.1 Å². The molecule has 1 heterocycles. The van der Waals surface area contributed by atoms with Gasteiger partial charge in [0.25, 0.3) is 5.92 Å². The summed E-state index contributed by atoms with van der Waals surface area (Å²) in [5.41, 5.74) is 2.32. The number of fused-ring (bicyclic) bond motifs is 1. The maximum Gasteiger partial charge on any atom is 0.255 e. The molecule has 1 N–H and O–H groups in total. The number of aromatic nitrogens is 2. The summed E-state index contributed by atoms with van der Waals surface area (Å²) < 4.78 is 61.8. The SMILES string of the molecule is Cc1cc(N=S(C)(C)=O)cc2ncnc(Nc3ccc(F)cc3OCC3CC3(F)F)c12. The number of ether oxygens (including phenoxy) is 1. The maximum absolute atomic E-state index is 13.8. The van der Waals surface area contributed by atoms with Crippen LogP contribution in [0.4, 0.5) is 30.4 Å². The van der Waals surface area contributed by atoms with Gasteiger partial charge in [0.2, 0.25) is 0 Å². The first kappa shape index (κ1) is 21.4. The van der Waals surface area contributed by atoms with E-state index in [0.717, 1.165) is 11.6 Å². The van der Waals surface area contributed by atoms with Crippen LogP contribution in [0.25, 0.3) is 10.9 Å². The van der Waals surface area contributed by atoms with Gasteiger partial charge in [0.15, 0.2) is 0 Å². The lowest BCUT2D eigenvalue weighted by molar-refractivity contribution is 0.0856. The second-order valence-electron chi connectivity index (χ2n) is 7.89. The van der Waals surface area contributed by atoms with Crippen LogP contribution in [0.1, 0.15) is 12.0 Å². The van der Waals surface area contributed by atoms with Gasteiger partial charge in [-0.2, -0.15) is 4.36 Å². The smallest absolute Gasteiger partial charge is 0.255 e. The average Bonchev–Trinajstić information content (AvgIpc) is 3.27. The Bertz CT molecular complexity index is 1280. The van der Waals surface area contributed by atoms with Gasteiger partial charge in [0, 0.05) is 40.1 Å². The van der Waals surface area contributed by atoms with Crippen LogP contribution in [-0.4, -0.2) is 39.2 Å². The first-order valence-corrected chi connectivity index (χ1v) is 11.8. The number of nitrogens with one attached hydrogen (secondary N) is 1. The number of rotatable bonds is 6. The molecular weight excluding hydrogens is 429 g/mol. The van der Waals surface area contributed by atoms with Gasteiger partial charge in [-0.1, -0.05) is 0 Å². The van der Waals surface area contributed by atoms with Crippen LogP contribution in [0.3, 0.4) is 0 Å². The molecule has 0 amide bonds. The second kappa shape index (κ2) is 7.67. The zero-order valence-electron chi connectivity index (χ0n) is 17.2. The first-order valence-electron chi connectivity index (χ1n) is 9.51. The molecule has 0 saturated heterocycles. The molecule has 164 valence electrons. The van der Waals surface area contributed by atoms with E-state index in [4.69, 9.17) is 4.74 Å². The molecule has 10 heteroatoms. The minimum absolute atomic E-state index is 0.121. The Kier molecular flexibility index (Phi) is 5.28. The summed E-state index contributed by atoms with van der Waals surface area (Å²) in [5, 5.41) is 3.80. The third kappa shape index (κ3) is 4.90. The number of alkyl halides is 2. The Hall–Kier alpha value is -2.88. The zero-order chi connectivity index (χ0) is 22.4. The molecule has 1 unspecified atom stereocenters. The average molecular weight is 450 g/mol. The summed E-state index contributed by atoms with van der Waals surface area (Å²) in [6.45, 7) is 1.65. The fourth-order valence-electron chi connectivity index (χ4n) is 3.26. The van der Waals surface area contributed by atoms with Gasteiger partial charge in [-0.3, -0.25) is 0 Å². The van der Waals surface area contributed by atoms with Crippen molar-refractivity contribution in [2.75, 3.05) is 24.4 Å². The molecule has 31 heavy (non-hydrogen) atoms. The van der Waals surface area contributed by atoms with Gasteiger partial charge in [0.05, 0.1) is 29.4 Å². The fourth-order valence-corrected chi connectivity index (χ4v) is 3.87. The minimum Gasteiger partial charge on any atom is -0.491 e. The molecule has 0 aliphatic heterocycles. The minimum atomic E-state index is -2.72. The van der Waals surface area contributed by atoms with E-state index in [1.807, 2.05) is 6.92 Å². The highest BCUT2D eigenvalue weighted by Gasteiger charge is 2.57. The zero-order valence-corrected chi connectivity index (χ0v) is 18.0. The molecule has 1 atom stereocenters. The van der Waals surface area contributed by atoms with E-state index in [9.17, 15) is 17.4 Å². The summed E-state index contributed by atoms with van der Waals surface area (Å²) in [6.07, 6.45) is 4.23. The van der Waals surface area contributed by atoms with Crippen LogP contribution in [0.15, 0.2) is 41.0 Å². The summed E-state index contributed by atoms with van der Waals surface area (Å²) in [5.74, 6) is -3.56. The monoisotopic (exact) mass is 450 g/mol. The molecule has 0 bridgehead atoms. The van der Waals surface area contributed by atoms with Crippen LogP contribution in [0.2, 0.25) is 0 Å². The Morgan fingerprint density at radius 2 is 2.00 bits per heavy atom. The maximum atomic E-state index is 13.8. The summed E-state index contributed by atoms with van der Waals surface area (Å²) >= 11 is 0. The predicted octanol–water partition coefficient (Wildman–Crippen LogP) is 5.21. The predicted molar refractivity (Wildman–Crippen MR) is 115 cm³/mol. The van der Waals surface area contributed by atoms with Crippen LogP contribution < -0.4 is 10.1 Å². The van der Waals surface area contributed by atoms with Gasteiger partial charge < -0.3 is 10.1 Å². The fraction of sp³-hybridized carbons (Fsp3) is 0.333. The number of hydrogen-bond acceptors (Lipinski definition) is 6. The van der Waals surface area contributed by atoms with Gasteiger partial charge in [-0.15, -0.1) is 0 Å². The van der Waals surface area contributed by atoms with Crippen LogP contribution in [0, 0.1) is 18.7 Å². The van der Waals surface area contributed by atoms with Crippen molar-refractivity contribution in [1.29, 1.82) is 0 Å². The van der Waals surface area contributed by atoms with Gasteiger partial charge in [-0.05, 0) is 36.8 Å². The van der Waals surface area contributed by atoms with Crippen LogP contribution in [0.5, 0.6) is 5.75 Å². The Morgan fingerprint density at radius 1 is 1.26 bits per heavy atom. The van der Waals surface area contributed by atoms with E-state index >= 15 is 0 Å². The third-order valence-electron chi connectivity index (χ3n) is 4.84. The molecule has 1 aliphatic carbocycles. The van der Waals surface area contributed by atoms with Crippen molar-refractivity contribution in [2.45, 2.75) is 19.3 Å². The molecule has 1 fully saturated rings.